The third-order valence-electron chi connectivity index (χ3n) is 3.20. The number of hydrogen-bond acceptors (Lipinski definition) is 2. The van der Waals surface area contributed by atoms with Crippen LogP contribution in [-0.4, -0.2) is 12.1 Å². The standard InChI is InChI=1S/C19H34O2/c1-4-5-6-7-8-9-10-11-12-13-14-15-16-17-19(20)21-18(2)3/h8-9,11-12,18H,4-7,10,13-17H2,1-3H3. The predicted molar refractivity (Wildman–Crippen MR) is 91.4 cm³/mol. The number of carbonyl (C=O) groups excluding carboxylic acids is 1. The van der Waals surface area contributed by atoms with Crippen molar-refractivity contribution in [1.82, 2.24) is 0 Å². The van der Waals surface area contributed by atoms with E-state index in [9.17, 15) is 4.79 Å². The second-order valence-electron chi connectivity index (χ2n) is 5.81. The summed E-state index contributed by atoms with van der Waals surface area (Å²) in [5.74, 6) is -0.0613. The molecular weight excluding hydrogens is 260 g/mol. The number of allylic oxidation sites excluding steroid dienone is 4. The maximum absolute atomic E-state index is 11.3. The van der Waals surface area contributed by atoms with E-state index in [2.05, 4.69) is 31.2 Å². The molecule has 0 aliphatic rings. The largest absolute Gasteiger partial charge is 0.463 e. The fourth-order valence-electron chi connectivity index (χ4n) is 2.05. The smallest absolute Gasteiger partial charge is 0.306 e. The molecule has 0 spiro atoms. The molecule has 2 heteroatoms. The fraction of sp³-hybridized carbons (Fsp3) is 0.737. The first-order valence-electron chi connectivity index (χ1n) is 8.66. The zero-order valence-electron chi connectivity index (χ0n) is 14.3. The van der Waals surface area contributed by atoms with Crippen molar-refractivity contribution >= 4 is 5.97 Å². The molecule has 21 heavy (non-hydrogen) atoms. The van der Waals surface area contributed by atoms with Crippen molar-refractivity contribution in [2.75, 3.05) is 0 Å². The van der Waals surface area contributed by atoms with Crippen LogP contribution in [-0.2, 0) is 9.53 Å². The van der Waals surface area contributed by atoms with Crippen LogP contribution in [0.15, 0.2) is 24.3 Å². The summed E-state index contributed by atoms with van der Waals surface area (Å²) in [5, 5.41) is 0. The molecule has 0 aliphatic heterocycles. The Morgan fingerprint density at radius 3 is 2.10 bits per heavy atom. The molecule has 0 atom stereocenters. The van der Waals surface area contributed by atoms with E-state index in [4.69, 9.17) is 4.74 Å². The molecule has 122 valence electrons. The zero-order chi connectivity index (χ0) is 15.8. The van der Waals surface area contributed by atoms with Crippen LogP contribution in [0.3, 0.4) is 0 Å². The molecule has 0 amide bonds. The lowest BCUT2D eigenvalue weighted by molar-refractivity contribution is -0.147. The molecule has 0 aromatic carbocycles. The Balaban J connectivity index is 3.31. The van der Waals surface area contributed by atoms with Gasteiger partial charge in [0, 0.05) is 6.42 Å². The van der Waals surface area contributed by atoms with Crippen molar-refractivity contribution < 1.29 is 9.53 Å². The summed E-state index contributed by atoms with van der Waals surface area (Å²) in [4.78, 5) is 11.3. The van der Waals surface area contributed by atoms with Crippen LogP contribution in [0.2, 0.25) is 0 Å². The van der Waals surface area contributed by atoms with Gasteiger partial charge in [-0.25, -0.2) is 0 Å². The summed E-state index contributed by atoms with van der Waals surface area (Å²) >= 11 is 0. The highest BCUT2D eigenvalue weighted by molar-refractivity contribution is 5.69. The molecule has 0 aromatic rings. The Morgan fingerprint density at radius 1 is 0.905 bits per heavy atom. The molecule has 0 heterocycles. The molecule has 0 radical (unpaired) electrons. The van der Waals surface area contributed by atoms with Gasteiger partial charge in [-0.05, 0) is 52.4 Å². The number of unbranched alkanes of at least 4 members (excludes halogenated alkanes) is 6. The lowest BCUT2D eigenvalue weighted by Gasteiger charge is -2.06. The molecule has 0 N–H and O–H groups in total. The van der Waals surface area contributed by atoms with Crippen LogP contribution >= 0.6 is 0 Å². The first-order valence-corrected chi connectivity index (χ1v) is 8.66. The zero-order valence-corrected chi connectivity index (χ0v) is 14.3. The van der Waals surface area contributed by atoms with Crippen molar-refractivity contribution in [1.29, 1.82) is 0 Å². The normalized spacial score (nSPS) is 11.8. The summed E-state index contributed by atoms with van der Waals surface area (Å²) in [5.41, 5.74) is 0. The van der Waals surface area contributed by atoms with Gasteiger partial charge in [-0.15, -0.1) is 0 Å². The van der Waals surface area contributed by atoms with E-state index in [0.717, 1.165) is 32.1 Å². The Kier molecular flexibility index (Phi) is 14.6. The van der Waals surface area contributed by atoms with Gasteiger partial charge in [0.2, 0.25) is 0 Å². The predicted octanol–water partition coefficient (Wildman–Crippen LogP) is 5.97. The maximum atomic E-state index is 11.3. The average Bonchev–Trinajstić information content (AvgIpc) is 2.43. The van der Waals surface area contributed by atoms with E-state index in [0.29, 0.717) is 6.42 Å². The van der Waals surface area contributed by atoms with Crippen LogP contribution in [0.25, 0.3) is 0 Å². The fourth-order valence-corrected chi connectivity index (χ4v) is 2.05. The van der Waals surface area contributed by atoms with Crippen molar-refractivity contribution in [2.24, 2.45) is 0 Å². The van der Waals surface area contributed by atoms with Crippen LogP contribution < -0.4 is 0 Å². The minimum atomic E-state index is -0.0613. The van der Waals surface area contributed by atoms with Crippen LogP contribution in [0, 0.1) is 0 Å². The van der Waals surface area contributed by atoms with E-state index in [1.807, 2.05) is 13.8 Å². The van der Waals surface area contributed by atoms with Gasteiger partial charge in [0.05, 0.1) is 6.10 Å². The average molecular weight is 294 g/mol. The molecule has 0 unspecified atom stereocenters. The topological polar surface area (TPSA) is 26.3 Å². The van der Waals surface area contributed by atoms with Gasteiger partial charge in [0.1, 0.15) is 0 Å². The Labute approximate surface area is 131 Å². The Morgan fingerprint density at radius 2 is 1.52 bits per heavy atom. The van der Waals surface area contributed by atoms with Crippen LogP contribution in [0.5, 0.6) is 0 Å². The first kappa shape index (κ1) is 19.9. The summed E-state index contributed by atoms with van der Waals surface area (Å²) in [6, 6.07) is 0. The second kappa shape index (κ2) is 15.3. The van der Waals surface area contributed by atoms with Gasteiger partial charge in [0.25, 0.3) is 0 Å². The molecule has 0 bridgehead atoms. The van der Waals surface area contributed by atoms with E-state index in [1.54, 1.807) is 0 Å². The van der Waals surface area contributed by atoms with E-state index < -0.39 is 0 Å². The van der Waals surface area contributed by atoms with Gasteiger partial charge in [0.15, 0.2) is 0 Å². The van der Waals surface area contributed by atoms with Gasteiger partial charge >= 0.3 is 5.97 Å². The van der Waals surface area contributed by atoms with Gasteiger partial charge in [-0.1, -0.05) is 50.5 Å². The first-order chi connectivity index (χ1) is 10.2. The Hall–Kier alpha value is -1.05. The number of esters is 1. The molecular formula is C19H34O2. The molecule has 0 fully saturated rings. The molecule has 0 saturated heterocycles. The third-order valence-corrected chi connectivity index (χ3v) is 3.20. The minimum Gasteiger partial charge on any atom is -0.463 e. The molecule has 0 rings (SSSR count). The monoisotopic (exact) mass is 294 g/mol. The SMILES string of the molecule is CCCCCC=CCC=CCCCCCC(=O)OC(C)C. The highest BCUT2D eigenvalue weighted by Gasteiger charge is 2.03. The lowest BCUT2D eigenvalue weighted by Crippen LogP contribution is -2.10. The number of carbonyl (C=O) groups is 1. The van der Waals surface area contributed by atoms with Crippen molar-refractivity contribution in [3.8, 4) is 0 Å². The number of rotatable bonds is 13. The van der Waals surface area contributed by atoms with Crippen LogP contribution in [0.4, 0.5) is 0 Å². The van der Waals surface area contributed by atoms with E-state index in [-0.39, 0.29) is 12.1 Å². The Bertz CT molecular complexity index is 290. The van der Waals surface area contributed by atoms with Gasteiger partial charge in [-0.3, -0.25) is 4.79 Å². The summed E-state index contributed by atoms with van der Waals surface area (Å²) < 4.78 is 5.10. The summed E-state index contributed by atoms with van der Waals surface area (Å²) in [6.45, 7) is 6.02. The quantitative estimate of drug-likeness (QED) is 0.237. The van der Waals surface area contributed by atoms with Gasteiger partial charge in [-0.2, -0.15) is 0 Å². The van der Waals surface area contributed by atoms with Crippen LogP contribution in [0.1, 0.15) is 85.0 Å². The van der Waals surface area contributed by atoms with Crippen molar-refractivity contribution in [2.45, 2.75) is 91.1 Å². The molecule has 0 aromatic heterocycles. The van der Waals surface area contributed by atoms with Crippen molar-refractivity contribution in [3.63, 3.8) is 0 Å². The van der Waals surface area contributed by atoms with Crippen molar-refractivity contribution in [3.05, 3.63) is 24.3 Å². The minimum absolute atomic E-state index is 0.00969. The van der Waals surface area contributed by atoms with E-state index >= 15 is 0 Å². The lowest BCUT2D eigenvalue weighted by atomic mass is 10.1. The molecule has 0 saturated carbocycles. The van der Waals surface area contributed by atoms with Gasteiger partial charge < -0.3 is 4.74 Å². The van der Waals surface area contributed by atoms with E-state index in [1.165, 1.54) is 25.7 Å². The summed E-state index contributed by atoms with van der Waals surface area (Å²) in [7, 11) is 0. The third kappa shape index (κ3) is 16.9. The number of hydrogen-bond donors (Lipinski definition) is 0. The number of ether oxygens (including phenoxy) is 1. The molecule has 2 nitrogen and oxygen atoms in total. The molecule has 0 aliphatic carbocycles. The maximum Gasteiger partial charge on any atom is 0.306 e. The summed E-state index contributed by atoms with van der Waals surface area (Å²) in [6.07, 6.45) is 20.1. The highest BCUT2D eigenvalue weighted by atomic mass is 16.5. The highest BCUT2D eigenvalue weighted by Crippen LogP contribution is 2.06. The second-order valence-corrected chi connectivity index (χ2v) is 5.81.